The highest BCUT2D eigenvalue weighted by molar-refractivity contribution is 5.94. The summed E-state index contributed by atoms with van der Waals surface area (Å²) in [5, 5.41) is 18.3. The number of fused-ring (bicyclic) bond motifs is 1. The molecular formula is C95H127N7O6. The number of pyridine rings is 3. The third-order valence-corrected chi connectivity index (χ3v) is 21.4. The summed E-state index contributed by atoms with van der Waals surface area (Å²) in [6.45, 7) is 65.4. The second-order valence-electron chi connectivity index (χ2n) is 40.2. The lowest BCUT2D eigenvalue weighted by atomic mass is 9.77. The first kappa shape index (κ1) is 84.9. The van der Waals surface area contributed by atoms with Crippen molar-refractivity contribution in [2.45, 2.75) is 288 Å². The van der Waals surface area contributed by atoms with E-state index >= 15 is 0 Å². The molecular weight excluding hydrogens is 1340 g/mol. The maximum atomic E-state index is 11.7. The van der Waals surface area contributed by atoms with Gasteiger partial charge >= 0.3 is 11.9 Å². The van der Waals surface area contributed by atoms with Crippen molar-refractivity contribution in [3.63, 3.8) is 0 Å². The monoisotopic (exact) mass is 1460 g/mol. The molecule has 0 spiro atoms. The summed E-state index contributed by atoms with van der Waals surface area (Å²) in [6, 6.07) is 36.6. The van der Waals surface area contributed by atoms with Crippen LogP contribution in [0.4, 0.5) is 23.0 Å². The van der Waals surface area contributed by atoms with Crippen LogP contribution >= 0.6 is 0 Å². The molecule has 2 saturated carbocycles. The van der Waals surface area contributed by atoms with E-state index in [1.54, 1.807) is 38.4 Å². The van der Waals surface area contributed by atoms with Crippen LogP contribution in [0, 0.1) is 17.8 Å². The molecule has 578 valence electrons. The van der Waals surface area contributed by atoms with Gasteiger partial charge in [0.15, 0.2) is 11.6 Å². The van der Waals surface area contributed by atoms with Gasteiger partial charge in [-0.05, 0) is 224 Å². The topological polar surface area (TPSA) is 180 Å². The Morgan fingerprint density at radius 2 is 0.787 bits per heavy atom. The zero-order valence-electron chi connectivity index (χ0n) is 71.0. The quantitative estimate of drug-likeness (QED) is 0.0983. The van der Waals surface area contributed by atoms with Gasteiger partial charge in [0.1, 0.15) is 17.5 Å². The van der Waals surface area contributed by atoms with Gasteiger partial charge in [0, 0.05) is 72.0 Å². The zero-order valence-corrected chi connectivity index (χ0v) is 71.0. The summed E-state index contributed by atoms with van der Waals surface area (Å²) in [4.78, 5) is 72.7. The molecule has 4 aromatic heterocycles. The maximum Gasteiger partial charge on any atom is 0.338 e. The molecule has 4 aromatic carbocycles. The molecule has 0 aliphatic heterocycles. The molecule has 13 heteroatoms. The Hall–Kier alpha value is -8.71. The summed E-state index contributed by atoms with van der Waals surface area (Å²) in [6.07, 6.45) is 14.3. The molecule has 0 unspecified atom stereocenters. The molecule has 108 heavy (non-hydrogen) atoms. The first-order valence-electron chi connectivity index (χ1n) is 38.8. The van der Waals surface area contributed by atoms with Crippen LogP contribution in [0.3, 0.4) is 0 Å². The smallest absolute Gasteiger partial charge is 0.338 e. The molecule has 0 radical (unpaired) electrons. The van der Waals surface area contributed by atoms with Crippen LogP contribution in [0.5, 0.6) is 0 Å². The fraction of sp³-hybridized carbons (Fsp3) is 0.505. The number of carbonyl (C=O) groups is 4. The van der Waals surface area contributed by atoms with Crippen molar-refractivity contribution in [2.75, 3.05) is 22.9 Å². The van der Waals surface area contributed by atoms with Gasteiger partial charge in [-0.3, -0.25) is 14.6 Å². The summed E-state index contributed by atoms with van der Waals surface area (Å²) in [5.74, 6) is 0.566. The van der Waals surface area contributed by atoms with Crippen LogP contribution in [-0.2, 0) is 55.2 Å². The van der Waals surface area contributed by atoms with Crippen LogP contribution in [0.15, 0.2) is 134 Å². The van der Waals surface area contributed by atoms with Crippen LogP contribution in [0.2, 0.25) is 0 Å². The largest absolute Gasteiger partial charge is 0.478 e. The Balaban J connectivity index is 0.000000182. The van der Waals surface area contributed by atoms with Crippen molar-refractivity contribution >= 4 is 46.5 Å². The maximum absolute atomic E-state index is 11.7. The second-order valence-corrected chi connectivity index (χ2v) is 40.2. The van der Waals surface area contributed by atoms with E-state index in [1.165, 1.54) is 79.8 Å². The third-order valence-electron chi connectivity index (χ3n) is 21.4. The van der Waals surface area contributed by atoms with Gasteiger partial charge in [-0.25, -0.2) is 29.5 Å². The van der Waals surface area contributed by atoms with Crippen molar-refractivity contribution in [1.29, 1.82) is 0 Å². The highest BCUT2D eigenvalue weighted by Crippen LogP contribution is 2.57. The molecule has 0 bridgehead atoms. The van der Waals surface area contributed by atoms with Gasteiger partial charge in [-0.1, -0.05) is 229 Å². The number of benzene rings is 4. The minimum atomic E-state index is -0.983. The molecule has 3 aliphatic carbocycles. The Labute approximate surface area is 648 Å². The highest BCUT2D eigenvalue weighted by atomic mass is 16.4. The number of rotatable bonds is 14. The fourth-order valence-electron chi connectivity index (χ4n) is 13.8. The number of Topliss-reactive ketones (excluding diaryl/α,β-unsaturated/α-hetero) is 2. The molecule has 0 atom stereocenters. The van der Waals surface area contributed by atoms with Crippen molar-refractivity contribution in [1.82, 2.24) is 24.9 Å². The molecule has 0 saturated heterocycles. The lowest BCUT2D eigenvalue weighted by molar-refractivity contribution is 0.0685. The number of hydrogen-bond donors (Lipinski definition) is 2. The molecule has 4 heterocycles. The summed E-state index contributed by atoms with van der Waals surface area (Å²) >= 11 is 0. The zero-order chi connectivity index (χ0) is 80.8. The lowest BCUT2D eigenvalue weighted by Gasteiger charge is -2.34. The van der Waals surface area contributed by atoms with Crippen LogP contribution < -0.4 is 9.80 Å². The number of aryl methyl sites for hydroxylation is 1. The number of anilines is 4. The predicted octanol–water partition coefficient (Wildman–Crippen LogP) is 23.4. The standard InChI is InChI=1S/C26H38N2O.C24H31NO.C23H28N2O2.C22H30N2O2/c1-18(29)19-11-12-23(27-16-19)28(17-24(2,3)4)22-14-20(25(5,6)7)13-21(15-22)26(8,9)10;1-16(26)17-8-9-21(25-15-17)24(10-11-24)20-13-18(22(2,3)4)12-19(14-20)23(5,6)7;1-21(2,3)15-10-17-16(6-7-22(17,4)5)18(11-15)23(8-9-23)20-24-12-14(13-25-20)19(26)27;1-15-8-10-17(22(5,6)7)12-18(15)24(14-21(2,3)4)19-11-9-16(13-23-19)20(25)26/h11-16H,17H2,1-10H3;8-9,12-15H,10-11H2,1-7H3;10-13H,6-9H2,1-5H3,(H,26,27);8-13H,14H2,1-7H3,(H,25,26). The van der Waals surface area contributed by atoms with Crippen molar-refractivity contribution in [3.05, 3.63) is 229 Å². The number of carboxylic acids is 2. The van der Waals surface area contributed by atoms with Crippen molar-refractivity contribution in [2.24, 2.45) is 10.8 Å². The Bertz CT molecular complexity index is 4490. The van der Waals surface area contributed by atoms with E-state index in [-0.39, 0.29) is 82.3 Å². The molecule has 8 aromatic rings. The average molecular weight is 1460 g/mol. The summed E-state index contributed by atoms with van der Waals surface area (Å²) in [5.41, 5.74) is 20.5. The third kappa shape index (κ3) is 20.8. The number of carbonyl (C=O) groups excluding carboxylic acids is 2. The van der Waals surface area contributed by atoms with Crippen LogP contribution in [0.25, 0.3) is 0 Å². The summed E-state index contributed by atoms with van der Waals surface area (Å²) in [7, 11) is 0. The van der Waals surface area contributed by atoms with E-state index in [9.17, 15) is 19.2 Å². The fourth-order valence-corrected chi connectivity index (χ4v) is 13.8. The average Bonchev–Trinajstić information content (AvgIpc) is 1.56. The minimum absolute atomic E-state index is 0.0105. The van der Waals surface area contributed by atoms with Crippen molar-refractivity contribution in [3.8, 4) is 0 Å². The van der Waals surface area contributed by atoms with Crippen LogP contribution in [-0.4, -0.2) is 71.7 Å². The van der Waals surface area contributed by atoms with Crippen molar-refractivity contribution < 1.29 is 29.4 Å². The Morgan fingerprint density at radius 3 is 1.18 bits per heavy atom. The van der Waals surface area contributed by atoms with E-state index in [2.05, 4.69) is 288 Å². The molecule has 0 amide bonds. The van der Waals surface area contributed by atoms with E-state index in [4.69, 9.17) is 10.2 Å². The van der Waals surface area contributed by atoms with E-state index < -0.39 is 11.9 Å². The molecule has 2 fully saturated rings. The molecule has 3 aliphatic rings. The SMILES string of the molecule is CC(=O)c1ccc(C2(c3cc(C(C)(C)C)cc(C(C)(C)C)c3)CC2)nc1.CC(=O)c1ccc(N(CC(C)(C)C)c2cc(C(C)(C)C)cc(C(C)(C)C)c2)nc1.CC(C)(C)c1cc2c(c(C3(c4ncc(C(=O)O)cn4)CC3)c1)CCC2(C)C.Cc1ccc(C(C)(C)C)cc1N(CC(C)(C)C)c1ccc(C(=O)O)cn1. The number of carboxylic acid groups (broad SMARTS) is 2. The normalized spacial score (nSPS) is 15.2. The van der Waals surface area contributed by atoms with Gasteiger partial charge < -0.3 is 20.0 Å². The number of ketones is 2. The van der Waals surface area contributed by atoms with Gasteiger partial charge in [-0.2, -0.15) is 0 Å². The molecule has 13 nitrogen and oxygen atoms in total. The summed E-state index contributed by atoms with van der Waals surface area (Å²) < 4.78 is 0. The molecule has 2 N–H and O–H groups in total. The van der Waals surface area contributed by atoms with Gasteiger partial charge in [0.25, 0.3) is 0 Å². The first-order valence-corrected chi connectivity index (χ1v) is 38.8. The van der Waals surface area contributed by atoms with Gasteiger partial charge in [-0.15, -0.1) is 0 Å². The predicted molar refractivity (Wildman–Crippen MR) is 446 cm³/mol. The number of hydrogen-bond acceptors (Lipinski definition) is 11. The number of aromatic nitrogens is 5. The minimum Gasteiger partial charge on any atom is -0.478 e. The highest BCUT2D eigenvalue weighted by Gasteiger charge is 2.52. The van der Waals surface area contributed by atoms with Gasteiger partial charge in [0.2, 0.25) is 0 Å². The lowest BCUT2D eigenvalue weighted by Crippen LogP contribution is -2.30. The Morgan fingerprint density at radius 1 is 0.398 bits per heavy atom. The number of nitrogens with zero attached hydrogens (tertiary/aromatic N) is 7. The number of aromatic carboxylic acids is 2. The van der Waals surface area contributed by atoms with E-state index in [1.807, 2.05) is 24.3 Å². The van der Waals surface area contributed by atoms with E-state index in [0.717, 1.165) is 86.1 Å². The van der Waals surface area contributed by atoms with Gasteiger partial charge in [0.05, 0.1) is 22.2 Å². The van der Waals surface area contributed by atoms with E-state index in [0.29, 0.717) is 11.1 Å². The molecule has 11 rings (SSSR count). The first-order chi connectivity index (χ1) is 49.4. The second kappa shape index (κ2) is 31.0. The van der Waals surface area contributed by atoms with Crippen LogP contribution in [0.1, 0.15) is 340 Å². The Kier molecular flexibility index (Phi) is 24.4.